The van der Waals surface area contributed by atoms with Crippen molar-refractivity contribution in [1.82, 2.24) is 0 Å². The molecular weight excluding hydrogens is 732 g/mol. The van der Waals surface area contributed by atoms with Crippen molar-refractivity contribution in [1.29, 1.82) is 0 Å². The largest absolute Gasteiger partial charge is 0.309 e. The predicted molar refractivity (Wildman–Crippen MR) is 256 cm³/mol. The van der Waals surface area contributed by atoms with E-state index in [1.54, 1.807) is 0 Å². The highest BCUT2D eigenvalue weighted by Crippen LogP contribution is 2.45. The molecule has 0 saturated carbocycles. The molecule has 2 heteroatoms. The molecule has 0 unspecified atom stereocenters. The van der Waals surface area contributed by atoms with E-state index in [9.17, 15) is 0 Å². The fourth-order valence-electron chi connectivity index (χ4n) is 9.56. The van der Waals surface area contributed by atoms with Crippen LogP contribution in [0.1, 0.15) is 12.5 Å². The summed E-state index contributed by atoms with van der Waals surface area (Å²) in [5, 5.41) is 16.1. The van der Waals surface area contributed by atoms with Crippen molar-refractivity contribution in [2.24, 2.45) is 0 Å². The van der Waals surface area contributed by atoms with Crippen molar-refractivity contribution < 1.29 is 4.57 Å². The lowest BCUT2D eigenvalue weighted by molar-refractivity contribution is 0.592. The second kappa shape index (κ2) is 13.8. The Morgan fingerprint density at radius 3 is 1.51 bits per heavy atom. The third kappa shape index (κ3) is 5.50. The first-order valence-electron chi connectivity index (χ1n) is 20.2. The van der Waals surface area contributed by atoms with Crippen LogP contribution in [0.3, 0.4) is 0 Å². The molecule has 0 aliphatic carbocycles. The minimum atomic E-state index is -3.21. The van der Waals surface area contributed by atoms with E-state index in [0.29, 0.717) is 0 Å². The molecule has 11 rings (SSSR count). The van der Waals surface area contributed by atoms with Crippen molar-refractivity contribution in [3.63, 3.8) is 0 Å². The van der Waals surface area contributed by atoms with E-state index in [0.717, 1.165) is 43.7 Å². The third-order valence-electron chi connectivity index (χ3n) is 12.4. The van der Waals surface area contributed by atoms with Gasteiger partial charge in [-0.05, 0) is 129 Å². The zero-order valence-corrected chi connectivity index (χ0v) is 33.6. The summed E-state index contributed by atoms with van der Waals surface area (Å²) in [4.78, 5) is 0. The van der Waals surface area contributed by atoms with Crippen molar-refractivity contribution >= 4 is 89.1 Å². The molecule has 0 N–H and O–H groups in total. The molecule has 59 heavy (non-hydrogen) atoms. The Morgan fingerprint density at radius 2 is 0.898 bits per heavy atom. The fraction of sp³-hybridized carbons (Fsp3) is 0.0175. The van der Waals surface area contributed by atoms with Crippen LogP contribution >= 0.6 is 7.14 Å². The maximum absolute atomic E-state index is 15.6. The quantitative estimate of drug-likeness (QED) is 0.117. The summed E-state index contributed by atoms with van der Waals surface area (Å²) in [5.41, 5.74) is 7.84. The smallest absolute Gasteiger partial charge is 0.171 e. The van der Waals surface area contributed by atoms with Gasteiger partial charge >= 0.3 is 0 Å². The highest BCUT2D eigenvalue weighted by Gasteiger charge is 2.30. The van der Waals surface area contributed by atoms with Crippen LogP contribution in [0.2, 0.25) is 0 Å². The zero-order valence-electron chi connectivity index (χ0n) is 32.7. The van der Waals surface area contributed by atoms with Gasteiger partial charge in [0.1, 0.15) is 0 Å². The fourth-order valence-corrected chi connectivity index (χ4v) is 12.3. The molecule has 0 spiro atoms. The molecule has 0 heterocycles. The summed E-state index contributed by atoms with van der Waals surface area (Å²) in [6, 6.07) is 69.0. The Kier molecular flexibility index (Phi) is 8.22. The van der Waals surface area contributed by atoms with E-state index < -0.39 is 7.14 Å². The molecule has 0 fully saturated rings. The lowest BCUT2D eigenvalue weighted by Gasteiger charge is -2.21. The van der Waals surface area contributed by atoms with Crippen LogP contribution in [0.15, 0.2) is 201 Å². The number of benzene rings is 11. The molecular formula is C57H39OP. The molecule has 278 valence electrons. The van der Waals surface area contributed by atoms with Gasteiger partial charge < -0.3 is 4.57 Å². The van der Waals surface area contributed by atoms with Crippen LogP contribution in [0.25, 0.3) is 99.4 Å². The Bertz CT molecular complexity index is 3490. The number of rotatable bonds is 7. The first-order valence-corrected chi connectivity index (χ1v) is 22.0. The van der Waals surface area contributed by atoms with Gasteiger partial charge in [0.05, 0.1) is 0 Å². The monoisotopic (exact) mass is 770 g/mol. The van der Waals surface area contributed by atoms with Crippen LogP contribution in [-0.2, 0) is 4.57 Å². The minimum absolute atomic E-state index is 0.811. The van der Waals surface area contributed by atoms with Gasteiger partial charge in [0.25, 0.3) is 0 Å². The van der Waals surface area contributed by atoms with Gasteiger partial charge in [-0.3, -0.25) is 0 Å². The van der Waals surface area contributed by atoms with Gasteiger partial charge in [-0.1, -0.05) is 189 Å². The highest BCUT2D eigenvalue weighted by molar-refractivity contribution is 7.85. The average molecular weight is 771 g/mol. The first-order chi connectivity index (χ1) is 29.0. The van der Waals surface area contributed by atoms with E-state index in [1.807, 2.05) is 72.8 Å². The average Bonchev–Trinajstić information content (AvgIpc) is 3.31. The molecule has 11 aromatic rings. The van der Waals surface area contributed by atoms with Crippen LogP contribution < -0.4 is 21.1 Å². The molecule has 0 aliphatic rings. The minimum Gasteiger partial charge on any atom is -0.309 e. The summed E-state index contributed by atoms with van der Waals surface area (Å²) >= 11 is 0. The second-order valence-electron chi connectivity index (χ2n) is 15.5. The van der Waals surface area contributed by atoms with Crippen LogP contribution in [0, 0.1) is 0 Å². The molecule has 0 aromatic heterocycles. The topological polar surface area (TPSA) is 17.1 Å². The Balaban J connectivity index is 1.19. The van der Waals surface area contributed by atoms with Gasteiger partial charge in [0.15, 0.2) is 7.14 Å². The summed E-state index contributed by atoms with van der Waals surface area (Å²) in [5.74, 6) is 0. The normalized spacial score (nSPS) is 12.4. The van der Waals surface area contributed by atoms with Crippen molar-refractivity contribution in [3.05, 3.63) is 211 Å². The first kappa shape index (κ1) is 35.1. The highest BCUT2D eigenvalue weighted by atomic mass is 31.2. The van der Waals surface area contributed by atoms with Crippen LogP contribution in [-0.4, -0.2) is 0 Å². The van der Waals surface area contributed by atoms with E-state index in [-0.39, 0.29) is 0 Å². The molecule has 1 nitrogen and oxygen atoms in total. The molecule has 0 bridgehead atoms. The molecule has 0 atom stereocenters. The van der Waals surface area contributed by atoms with E-state index in [1.165, 1.54) is 70.2 Å². The third-order valence-corrected chi connectivity index (χ3v) is 15.4. The molecule has 0 radical (unpaired) electrons. The molecule has 0 aliphatic heterocycles. The van der Waals surface area contributed by atoms with Crippen molar-refractivity contribution in [2.45, 2.75) is 6.92 Å². The molecule has 0 saturated heterocycles. The van der Waals surface area contributed by atoms with E-state index in [2.05, 4.69) is 147 Å². The lowest BCUT2D eigenvalue weighted by Crippen LogP contribution is -2.25. The van der Waals surface area contributed by atoms with E-state index in [4.69, 9.17) is 0 Å². The summed E-state index contributed by atoms with van der Waals surface area (Å²) in [7, 11) is -3.21. The predicted octanol–water partition coefficient (Wildman–Crippen LogP) is 13.7. The Morgan fingerprint density at radius 1 is 0.407 bits per heavy atom. The summed E-state index contributed by atoms with van der Waals surface area (Å²) < 4.78 is 15.6. The van der Waals surface area contributed by atoms with Crippen molar-refractivity contribution in [3.8, 4) is 33.4 Å². The standard InChI is InChI=1S/C57H39OP/c1-3-37-21-22-41-26-29-50(52-31-25-38(4-2)54(37)56(41)52)45-33-44(43-15-12-20-49(36-43)59(58,47-16-7-5-8-17-47)48-18-9-6-10-19-48)34-46(35-45)51-30-27-42-24-23-39-13-11-14-40-28-32-53(51)57(42)55(39)40/h3-36H,1H2,2H3/b38-4-. The number of hydrogen-bond acceptors (Lipinski definition) is 1. The maximum atomic E-state index is 15.6. The second-order valence-corrected chi connectivity index (χ2v) is 18.3. The SMILES string of the molecule is C=Cc1ccc2ccc(-c3cc(-c4cccc(P(=O)(c5ccccc5)c5ccccc5)c4)cc(-c4ccc5ccc6cccc7ccc4c5c67)c3)c3cc/c(=C/C)c1c23. The molecule has 0 amide bonds. The van der Waals surface area contributed by atoms with Gasteiger partial charge in [-0.25, -0.2) is 0 Å². The summed E-state index contributed by atoms with van der Waals surface area (Å²) in [6.07, 6.45) is 4.16. The maximum Gasteiger partial charge on any atom is 0.171 e. The summed E-state index contributed by atoms with van der Waals surface area (Å²) in [6.45, 7) is 6.29. The van der Waals surface area contributed by atoms with Gasteiger partial charge in [-0.2, -0.15) is 0 Å². The zero-order chi connectivity index (χ0) is 39.7. The number of hydrogen-bond donors (Lipinski definition) is 0. The van der Waals surface area contributed by atoms with Gasteiger partial charge in [-0.15, -0.1) is 0 Å². The Hall–Kier alpha value is -7.05. The van der Waals surface area contributed by atoms with E-state index >= 15 is 4.57 Å². The van der Waals surface area contributed by atoms with Gasteiger partial charge in [0.2, 0.25) is 0 Å². The molecule has 11 aromatic carbocycles. The Labute approximate surface area is 343 Å². The van der Waals surface area contributed by atoms with Gasteiger partial charge in [0, 0.05) is 15.9 Å². The van der Waals surface area contributed by atoms with Crippen LogP contribution in [0.5, 0.6) is 0 Å². The van der Waals surface area contributed by atoms with Crippen LogP contribution in [0.4, 0.5) is 0 Å². The van der Waals surface area contributed by atoms with Crippen molar-refractivity contribution in [2.75, 3.05) is 0 Å². The lowest BCUT2D eigenvalue weighted by atomic mass is 9.86.